The second kappa shape index (κ2) is 13.2. The maximum absolute atomic E-state index is 12.4. The molecule has 2 amide bonds. The lowest BCUT2D eigenvalue weighted by Crippen LogP contribution is -2.26. The van der Waals surface area contributed by atoms with Crippen molar-refractivity contribution >= 4 is 54.7 Å². The van der Waals surface area contributed by atoms with Crippen molar-refractivity contribution in [1.29, 1.82) is 0 Å². The van der Waals surface area contributed by atoms with E-state index in [2.05, 4.69) is 25.7 Å². The van der Waals surface area contributed by atoms with Crippen molar-refractivity contribution in [1.82, 2.24) is 9.66 Å². The van der Waals surface area contributed by atoms with Gasteiger partial charge in [0.2, 0.25) is 5.91 Å². The quantitative estimate of drug-likeness (QED) is 0.195. The molecule has 0 fully saturated rings. The van der Waals surface area contributed by atoms with Crippen molar-refractivity contribution in [2.45, 2.75) is 43.9 Å². The lowest BCUT2D eigenvalue weighted by Gasteiger charge is -2.09. The van der Waals surface area contributed by atoms with E-state index in [0.717, 1.165) is 11.1 Å². The summed E-state index contributed by atoms with van der Waals surface area (Å²) in [5, 5.41) is 12.7. The molecule has 0 aliphatic carbocycles. The molecule has 3 rings (SSSR count). The van der Waals surface area contributed by atoms with Gasteiger partial charge in [0.1, 0.15) is 5.71 Å². The number of nitrogens with one attached hydrogen (secondary N) is 4. The molecular weight excluding hydrogens is 568 g/mol. The third kappa shape index (κ3) is 9.25. The van der Waals surface area contributed by atoms with Gasteiger partial charge in [-0.2, -0.15) is 31.9 Å². The molecule has 0 unspecified atom stereocenters. The minimum Gasteiger partial charge on any atom is -0.326 e. The molecule has 0 saturated heterocycles. The highest BCUT2D eigenvalue weighted by Crippen LogP contribution is 2.15. The molecule has 41 heavy (non-hydrogen) atoms. The maximum atomic E-state index is 12.4. The third-order valence-corrected chi connectivity index (χ3v) is 7.97. The van der Waals surface area contributed by atoms with Crippen LogP contribution in [-0.2, 0) is 29.6 Å². The summed E-state index contributed by atoms with van der Waals surface area (Å²) in [5.74, 6) is -1.06. The largest absolute Gasteiger partial charge is 0.326 e. The van der Waals surface area contributed by atoms with Gasteiger partial charge in [-0.1, -0.05) is 35.4 Å². The van der Waals surface area contributed by atoms with Crippen LogP contribution in [0, 0.1) is 13.8 Å². The lowest BCUT2D eigenvalue weighted by atomic mass is 10.2. The lowest BCUT2D eigenvalue weighted by molar-refractivity contribution is -0.115. The Bertz CT molecular complexity index is 1680. The molecule has 0 bridgehead atoms. The Kier molecular flexibility index (Phi) is 9.97. The van der Waals surface area contributed by atoms with Crippen molar-refractivity contribution < 1.29 is 26.4 Å². The van der Waals surface area contributed by atoms with E-state index in [1.165, 1.54) is 50.2 Å². The van der Waals surface area contributed by atoms with Gasteiger partial charge in [0, 0.05) is 17.1 Å². The zero-order chi connectivity index (χ0) is 30.2. The number of carbonyl (C=O) groups excluding carboxylic acids is 2. The molecule has 0 aromatic heterocycles. The van der Waals surface area contributed by atoms with E-state index in [1.54, 1.807) is 36.4 Å². The van der Waals surface area contributed by atoms with Gasteiger partial charge in [0.05, 0.1) is 16.2 Å². The number of hydrogen-bond donors (Lipinski definition) is 4. The van der Waals surface area contributed by atoms with Gasteiger partial charge in [0.25, 0.3) is 26.0 Å². The monoisotopic (exact) mass is 598 g/mol. The Morgan fingerprint density at radius 1 is 0.634 bits per heavy atom. The number of benzene rings is 3. The number of aryl methyl sites for hydroxylation is 2. The Morgan fingerprint density at radius 2 is 1.05 bits per heavy atom. The highest BCUT2D eigenvalue weighted by atomic mass is 32.2. The molecule has 0 aliphatic rings. The van der Waals surface area contributed by atoms with Gasteiger partial charge in [-0.3, -0.25) is 9.59 Å². The Balaban J connectivity index is 1.51. The molecule has 12 nitrogen and oxygen atoms in total. The van der Waals surface area contributed by atoms with Crippen molar-refractivity contribution in [3.05, 3.63) is 83.9 Å². The molecule has 3 aromatic rings. The summed E-state index contributed by atoms with van der Waals surface area (Å²) in [6.45, 7) is 6.54. The fourth-order valence-corrected chi connectivity index (χ4v) is 4.93. The highest BCUT2D eigenvalue weighted by Gasteiger charge is 2.15. The highest BCUT2D eigenvalue weighted by molar-refractivity contribution is 7.89. The van der Waals surface area contributed by atoms with E-state index in [4.69, 9.17) is 0 Å². The first kappa shape index (κ1) is 31.0. The average molecular weight is 599 g/mol. The smallest absolute Gasteiger partial charge is 0.276 e. The number of rotatable bonds is 11. The molecule has 0 heterocycles. The van der Waals surface area contributed by atoms with Crippen LogP contribution < -0.4 is 20.3 Å². The van der Waals surface area contributed by atoms with Crippen LogP contribution >= 0.6 is 0 Å². The van der Waals surface area contributed by atoms with Gasteiger partial charge in [-0.15, -0.1) is 0 Å². The molecular formula is C27H30N6O6S2. The van der Waals surface area contributed by atoms with Gasteiger partial charge < -0.3 is 10.6 Å². The zero-order valence-electron chi connectivity index (χ0n) is 22.8. The minimum absolute atomic E-state index is 0.0164. The molecule has 0 aliphatic heterocycles. The van der Waals surface area contributed by atoms with Crippen molar-refractivity contribution in [3.8, 4) is 0 Å². The van der Waals surface area contributed by atoms with Gasteiger partial charge >= 0.3 is 0 Å². The first-order chi connectivity index (χ1) is 19.2. The molecule has 4 N–H and O–H groups in total. The van der Waals surface area contributed by atoms with Crippen molar-refractivity contribution in [2.24, 2.45) is 10.2 Å². The maximum Gasteiger partial charge on any atom is 0.276 e. The minimum atomic E-state index is -3.93. The molecule has 0 spiro atoms. The van der Waals surface area contributed by atoms with Gasteiger partial charge in [-0.25, -0.2) is 4.83 Å². The van der Waals surface area contributed by atoms with Crippen LogP contribution in [0.5, 0.6) is 0 Å². The Labute approximate surface area is 239 Å². The van der Waals surface area contributed by atoms with E-state index >= 15 is 0 Å². The average Bonchev–Trinajstić information content (AvgIpc) is 2.92. The normalized spacial score (nSPS) is 12.4. The van der Waals surface area contributed by atoms with Gasteiger partial charge in [0.15, 0.2) is 0 Å². The van der Waals surface area contributed by atoms with Crippen LogP contribution in [-0.4, -0.2) is 40.1 Å². The van der Waals surface area contributed by atoms with Crippen molar-refractivity contribution in [2.75, 3.05) is 10.6 Å². The number of sulfonamides is 2. The summed E-state index contributed by atoms with van der Waals surface area (Å²) >= 11 is 0. The van der Waals surface area contributed by atoms with E-state index in [-0.39, 0.29) is 27.6 Å². The zero-order valence-corrected chi connectivity index (χ0v) is 24.4. The first-order valence-corrected chi connectivity index (χ1v) is 15.2. The summed E-state index contributed by atoms with van der Waals surface area (Å²) in [6.07, 6.45) is -0.164. The predicted octanol–water partition coefficient (Wildman–Crippen LogP) is 3.28. The topological polar surface area (TPSA) is 175 Å². The van der Waals surface area contributed by atoms with E-state index in [1.807, 2.05) is 18.7 Å². The first-order valence-electron chi connectivity index (χ1n) is 12.2. The van der Waals surface area contributed by atoms with E-state index < -0.39 is 31.9 Å². The summed E-state index contributed by atoms with van der Waals surface area (Å²) in [4.78, 5) is 29.0. The van der Waals surface area contributed by atoms with E-state index in [0.29, 0.717) is 11.4 Å². The number of hydrogen-bond acceptors (Lipinski definition) is 8. The number of carbonyl (C=O) groups is 2. The van der Waals surface area contributed by atoms with Crippen molar-refractivity contribution in [3.63, 3.8) is 0 Å². The summed E-state index contributed by atoms with van der Waals surface area (Å²) < 4.78 is 49.4. The van der Waals surface area contributed by atoms with Crippen LogP contribution in [0.15, 0.2) is 92.8 Å². The van der Waals surface area contributed by atoms with Crippen LogP contribution in [0.2, 0.25) is 0 Å². The molecule has 3 aromatic carbocycles. The number of amides is 2. The molecule has 14 heteroatoms. The number of anilines is 2. The standard InChI is InChI=1S/C27H30N6O6S2/c1-18-5-13-24(14-6-18)40(36,37)32-30-20(3)17-26(34)28-22-9-11-23(12-10-22)29-27(35)21(4)31-33-41(38,39)25-15-7-19(2)8-16-25/h5-16,32-33H,17H2,1-4H3,(H,28,34)(H,29,35)/b30-20+,31-21+. The van der Waals surface area contributed by atoms with Gasteiger partial charge in [-0.05, 0) is 76.2 Å². The molecule has 216 valence electrons. The van der Waals surface area contributed by atoms with Crippen LogP contribution in [0.3, 0.4) is 0 Å². The predicted molar refractivity (Wildman–Crippen MR) is 158 cm³/mol. The van der Waals surface area contributed by atoms with Crippen LogP contribution in [0.25, 0.3) is 0 Å². The summed E-state index contributed by atoms with van der Waals surface area (Å²) in [7, 11) is -7.79. The van der Waals surface area contributed by atoms with Crippen LogP contribution in [0.4, 0.5) is 11.4 Å². The van der Waals surface area contributed by atoms with Crippen LogP contribution in [0.1, 0.15) is 31.4 Å². The fourth-order valence-electron chi connectivity index (χ4n) is 3.19. The second-order valence-corrected chi connectivity index (χ2v) is 12.4. The number of nitrogens with zero attached hydrogens (tertiary/aromatic N) is 2. The number of hydrazone groups is 2. The van der Waals surface area contributed by atoms with E-state index in [9.17, 15) is 26.4 Å². The Morgan fingerprint density at radius 3 is 1.51 bits per heavy atom. The second-order valence-electron chi connectivity index (χ2n) is 9.12. The summed E-state index contributed by atoms with van der Waals surface area (Å²) in [5.41, 5.74) is 2.75. The third-order valence-electron chi connectivity index (χ3n) is 5.52. The molecule has 0 atom stereocenters. The molecule has 0 saturated carbocycles. The Hall–Kier alpha value is -4.56. The fraction of sp³-hybridized carbons (Fsp3) is 0.185. The summed E-state index contributed by atoms with van der Waals surface area (Å²) in [6, 6.07) is 18.6. The molecule has 0 radical (unpaired) electrons. The SMILES string of the molecule is C/C(CC(=O)Nc1ccc(NC(=O)/C(C)=N/NS(=O)(=O)c2ccc(C)cc2)cc1)=N\NS(=O)(=O)c1ccc(C)cc1.